The predicted molar refractivity (Wildman–Crippen MR) is 113 cm³/mol. The van der Waals surface area contributed by atoms with Crippen molar-refractivity contribution in [3.63, 3.8) is 0 Å². The number of hydrogen-bond acceptors (Lipinski definition) is 7. The Hall–Kier alpha value is -3.04. The normalized spacial score (nSPS) is 10.6. The molecule has 1 heterocycles. The zero-order chi connectivity index (χ0) is 20.6. The smallest absolute Gasteiger partial charge is 0.214 e. The maximum Gasteiger partial charge on any atom is 0.214 e. The third kappa shape index (κ3) is 4.87. The van der Waals surface area contributed by atoms with Gasteiger partial charge in [-0.15, -0.1) is 0 Å². The molecule has 3 N–H and O–H groups in total. The zero-order valence-electron chi connectivity index (χ0n) is 16.3. The molecule has 154 valence electrons. The molecular formula is C20H24N4O4S. The first-order valence-electron chi connectivity index (χ1n) is 9.22. The van der Waals surface area contributed by atoms with Crippen molar-refractivity contribution in [3.8, 4) is 28.6 Å². The Morgan fingerprint density at radius 3 is 2.72 bits per heavy atom. The maximum absolute atomic E-state index is 8.97. The highest BCUT2D eigenvalue weighted by Gasteiger charge is 2.14. The third-order valence-corrected chi connectivity index (χ3v) is 4.39. The van der Waals surface area contributed by atoms with Gasteiger partial charge in [0.25, 0.3) is 0 Å². The van der Waals surface area contributed by atoms with Gasteiger partial charge < -0.3 is 24.7 Å². The monoisotopic (exact) mass is 416 g/mol. The van der Waals surface area contributed by atoms with Crippen molar-refractivity contribution in [2.45, 2.75) is 13.5 Å². The second-order valence-corrected chi connectivity index (χ2v) is 6.40. The highest BCUT2D eigenvalue weighted by molar-refractivity contribution is 7.71. The summed E-state index contributed by atoms with van der Waals surface area (Å²) in [6, 6.07) is 13.3. The van der Waals surface area contributed by atoms with E-state index in [2.05, 4.69) is 15.6 Å². The summed E-state index contributed by atoms with van der Waals surface area (Å²) in [6.45, 7) is 3.06. The van der Waals surface area contributed by atoms with E-state index in [4.69, 9.17) is 31.5 Å². The Morgan fingerprint density at radius 1 is 1.14 bits per heavy atom. The van der Waals surface area contributed by atoms with Crippen LogP contribution in [0.25, 0.3) is 11.4 Å². The van der Waals surface area contributed by atoms with Crippen molar-refractivity contribution in [3.05, 3.63) is 52.8 Å². The second-order valence-electron chi connectivity index (χ2n) is 6.01. The van der Waals surface area contributed by atoms with E-state index in [1.807, 2.05) is 49.4 Å². The van der Waals surface area contributed by atoms with E-state index in [1.54, 1.807) is 11.8 Å². The molecule has 0 saturated heterocycles. The summed E-state index contributed by atoms with van der Waals surface area (Å²) in [5.41, 5.74) is 5.07. The van der Waals surface area contributed by atoms with Crippen molar-refractivity contribution < 1.29 is 19.3 Å². The predicted octanol–water partition coefficient (Wildman–Crippen LogP) is 3.13. The number of para-hydroxylation sites is 1. The van der Waals surface area contributed by atoms with Crippen LogP contribution in [0, 0.1) is 4.77 Å². The molecule has 0 radical (unpaired) electrons. The van der Waals surface area contributed by atoms with Gasteiger partial charge in [0.2, 0.25) is 4.77 Å². The van der Waals surface area contributed by atoms with E-state index in [0.29, 0.717) is 41.0 Å². The van der Waals surface area contributed by atoms with Crippen molar-refractivity contribution >= 4 is 12.2 Å². The summed E-state index contributed by atoms with van der Waals surface area (Å²) in [4.78, 5) is 0. The number of aromatic nitrogens is 3. The van der Waals surface area contributed by atoms with Gasteiger partial charge in [0.1, 0.15) is 12.4 Å². The second kappa shape index (κ2) is 9.94. The molecule has 8 nitrogen and oxygen atoms in total. The van der Waals surface area contributed by atoms with Crippen molar-refractivity contribution in [2.24, 2.45) is 0 Å². The molecule has 3 aromatic rings. The number of nitrogens with one attached hydrogen (secondary N) is 2. The number of nitrogens with zero attached hydrogens (tertiary/aromatic N) is 2. The van der Waals surface area contributed by atoms with Crippen LogP contribution in [-0.4, -0.2) is 46.9 Å². The van der Waals surface area contributed by atoms with Crippen LogP contribution < -0.4 is 19.6 Å². The van der Waals surface area contributed by atoms with Gasteiger partial charge in [-0.2, -0.15) is 5.10 Å². The quantitative estimate of drug-likeness (QED) is 0.437. The lowest BCUT2D eigenvalue weighted by atomic mass is 10.2. The van der Waals surface area contributed by atoms with E-state index in [1.165, 1.54) is 0 Å². The minimum absolute atomic E-state index is 0.0562. The Balaban J connectivity index is 1.83. The topological polar surface area (TPSA) is 93.6 Å². The standard InChI is InChI=1S/C20H24N4O4S/c1-3-27-18-12-14(8-9-17(18)28-11-10-25)13-21-24-19(22-23-20(24)29)15-6-4-5-7-16(15)26-2/h4-9,12,21,25H,3,10-11,13H2,1-2H3,(H,23,29). The fraction of sp³-hybridized carbons (Fsp3) is 0.300. The first-order valence-corrected chi connectivity index (χ1v) is 9.62. The summed E-state index contributed by atoms with van der Waals surface area (Å²) in [5.74, 6) is 2.55. The first kappa shape index (κ1) is 20.7. The lowest BCUT2D eigenvalue weighted by Crippen LogP contribution is -2.16. The van der Waals surface area contributed by atoms with Crippen LogP contribution in [0.5, 0.6) is 17.2 Å². The average molecular weight is 417 g/mol. The molecule has 3 rings (SSSR count). The molecule has 0 unspecified atom stereocenters. The van der Waals surface area contributed by atoms with Crippen LogP contribution in [0.3, 0.4) is 0 Å². The molecule has 0 saturated carbocycles. The third-order valence-electron chi connectivity index (χ3n) is 4.12. The summed E-state index contributed by atoms with van der Waals surface area (Å²) in [7, 11) is 1.62. The number of methoxy groups -OCH3 is 1. The van der Waals surface area contributed by atoms with Gasteiger partial charge in [-0.05, 0) is 49.0 Å². The number of aromatic amines is 1. The number of hydrogen-bond donors (Lipinski definition) is 3. The van der Waals surface area contributed by atoms with Gasteiger partial charge in [-0.1, -0.05) is 18.2 Å². The Morgan fingerprint density at radius 2 is 1.97 bits per heavy atom. The van der Waals surface area contributed by atoms with Gasteiger partial charge in [0, 0.05) is 0 Å². The summed E-state index contributed by atoms with van der Waals surface area (Å²) in [5, 5.41) is 16.1. The molecule has 0 aliphatic carbocycles. The Bertz CT molecular complexity index is 1000. The van der Waals surface area contributed by atoms with Gasteiger partial charge in [-0.3, -0.25) is 0 Å². The number of ether oxygens (including phenoxy) is 3. The number of aliphatic hydroxyl groups excluding tert-OH is 1. The van der Waals surface area contributed by atoms with Crippen LogP contribution in [0.1, 0.15) is 12.5 Å². The molecule has 29 heavy (non-hydrogen) atoms. The SMILES string of the molecule is CCOc1cc(CNn2c(-c3ccccc3OC)n[nH]c2=S)ccc1OCCO. The van der Waals surface area contributed by atoms with Crippen molar-refractivity contribution in [1.82, 2.24) is 14.9 Å². The highest BCUT2D eigenvalue weighted by atomic mass is 32.1. The largest absolute Gasteiger partial charge is 0.496 e. The summed E-state index contributed by atoms with van der Waals surface area (Å²) < 4.78 is 18.8. The average Bonchev–Trinajstić information content (AvgIpc) is 3.12. The van der Waals surface area contributed by atoms with Gasteiger partial charge in [-0.25, -0.2) is 9.77 Å². The maximum atomic E-state index is 8.97. The van der Waals surface area contributed by atoms with Gasteiger partial charge >= 0.3 is 0 Å². The molecule has 0 aliphatic heterocycles. The zero-order valence-corrected chi connectivity index (χ0v) is 17.2. The van der Waals surface area contributed by atoms with E-state index < -0.39 is 0 Å². The van der Waals surface area contributed by atoms with Crippen molar-refractivity contribution in [1.29, 1.82) is 0 Å². The minimum Gasteiger partial charge on any atom is -0.496 e. The fourth-order valence-electron chi connectivity index (χ4n) is 2.83. The molecular weight excluding hydrogens is 392 g/mol. The highest BCUT2D eigenvalue weighted by Crippen LogP contribution is 2.29. The van der Waals surface area contributed by atoms with E-state index in [-0.39, 0.29) is 13.2 Å². The lowest BCUT2D eigenvalue weighted by Gasteiger charge is -2.15. The van der Waals surface area contributed by atoms with Crippen molar-refractivity contribution in [2.75, 3.05) is 32.4 Å². The fourth-order valence-corrected chi connectivity index (χ4v) is 3.03. The molecule has 2 aromatic carbocycles. The summed E-state index contributed by atoms with van der Waals surface area (Å²) >= 11 is 5.38. The number of H-pyrrole nitrogens is 1. The minimum atomic E-state index is -0.0562. The molecule has 0 bridgehead atoms. The molecule has 0 amide bonds. The molecule has 0 atom stereocenters. The van der Waals surface area contributed by atoms with Crippen LogP contribution in [0.4, 0.5) is 0 Å². The van der Waals surface area contributed by atoms with E-state index in [9.17, 15) is 0 Å². The van der Waals surface area contributed by atoms with Gasteiger partial charge in [0.15, 0.2) is 17.3 Å². The van der Waals surface area contributed by atoms with Crippen LogP contribution in [-0.2, 0) is 6.54 Å². The van der Waals surface area contributed by atoms with Crippen LogP contribution in [0.2, 0.25) is 0 Å². The summed E-state index contributed by atoms with van der Waals surface area (Å²) in [6.07, 6.45) is 0. The Kier molecular flexibility index (Phi) is 7.09. The lowest BCUT2D eigenvalue weighted by molar-refractivity contribution is 0.194. The molecule has 9 heteroatoms. The van der Waals surface area contributed by atoms with Gasteiger partial charge in [0.05, 0.1) is 32.4 Å². The number of benzene rings is 2. The molecule has 1 aromatic heterocycles. The molecule has 0 fully saturated rings. The van der Waals surface area contributed by atoms with Crippen LogP contribution >= 0.6 is 12.2 Å². The first-order chi connectivity index (χ1) is 14.2. The molecule has 0 aliphatic rings. The van der Waals surface area contributed by atoms with E-state index >= 15 is 0 Å². The Labute approximate surface area is 174 Å². The number of aliphatic hydroxyl groups is 1. The number of rotatable bonds is 10. The van der Waals surface area contributed by atoms with Crippen LogP contribution in [0.15, 0.2) is 42.5 Å². The van der Waals surface area contributed by atoms with E-state index in [0.717, 1.165) is 11.1 Å². The molecule has 0 spiro atoms.